The zero-order valence-corrected chi connectivity index (χ0v) is 20.2. The van der Waals surface area contributed by atoms with E-state index in [1.54, 1.807) is 11.3 Å². The van der Waals surface area contributed by atoms with Crippen LogP contribution in [0.1, 0.15) is 38.1 Å². The van der Waals surface area contributed by atoms with E-state index in [4.69, 9.17) is 4.99 Å². The third-order valence-electron chi connectivity index (χ3n) is 4.60. The minimum Gasteiger partial charge on any atom is -0.357 e. The Morgan fingerprint density at radius 1 is 1.44 bits per heavy atom. The molecular formula is C19H34IN5OS. The molecule has 1 aliphatic rings. The van der Waals surface area contributed by atoms with Crippen molar-refractivity contribution in [1.29, 1.82) is 0 Å². The minimum absolute atomic E-state index is 0. The van der Waals surface area contributed by atoms with Gasteiger partial charge in [0, 0.05) is 36.5 Å². The molecule has 154 valence electrons. The highest BCUT2D eigenvalue weighted by atomic mass is 127. The van der Waals surface area contributed by atoms with E-state index in [1.807, 2.05) is 18.7 Å². The van der Waals surface area contributed by atoms with E-state index in [1.165, 1.54) is 4.88 Å². The molecule has 1 aromatic rings. The molecule has 0 saturated carbocycles. The summed E-state index contributed by atoms with van der Waals surface area (Å²) in [5, 5.41) is 8.96. The number of thiophene rings is 1. The fourth-order valence-corrected chi connectivity index (χ4v) is 4.04. The van der Waals surface area contributed by atoms with Crippen molar-refractivity contribution in [2.45, 2.75) is 39.3 Å². The number of likely N-dealkylation sites (tertiary alicyclic amines) is 1. The second kappa shape index (κ2) is 11.9. The Bertz CT molecular complexity index is 591. The van der Waals surface area contributed by atoms with Crippen molar-refractivity contribution in [2.75, 3.05) is 40.3 Å². The van der Waals surface area contributed by atoms with Gasteiger partial charge in [0.05, 0.1) is 12.6 Å². The van der Waals surface area contributed by atoms with Crippen LogP contribution in [0.15, 0.2) is 22.5 Å². The molecule has 2 N–H and O–H groups in total. The highest BCUT2D eigenvalue weighted by molar-refractivity contribution is 14.0. The highest BCUT2D eigenvalue weighted by Crippen LogP contribution is 2.23. The van der Waals surface area contributed by atoms with Gasteiger partial charge in [-0.3, -0.25) is 9.79 Å². The van der Waals surface area contributed by atoms with Gasteiger partial charge in [-0.15, -0.1) is 35.3 Å². The quantitative estimate of drug-likeness (QED) is 0.339. The Morgan fingerprint density at radius 3 is 2.74 bits per heavy atom. The van der Waals surface area contributed by atoms with Gasteiger partial charge in [-0.2, -0.15) is 0 Å². The lowest BCUT2D eigenvalue weighted by molar-refractivity contribution is -0.133. The van der Waals surface area contributed by atoms with Gasteiger partial charge in [-0.25, -0.2) is 0 Å². The smallest absolute Gasteiger partial charge is 0.225 e. The Labute approximate surface area is 184 Å². The number of carbonyl (C=O) groups is 1. The molecule has 0 aromatic carbocycles. The Hall–Kier alpha value is -0.870. The number of hydrogen-bond donors (Lipinski definition) is 2. The van der Waals surface area contributed by atoms with E-state index in [0.717, 1.165) is 32.0 Å². The number of hydrogen-bond acceptors (Lipinski definition) is 4. The van der Waals surface area contributed by atoms with Crippen molar-refractivity contribution < 1.29 is 4.79 Å². The van der Waals surface area contributed by atoms with Crippen molar-refractivity contribution >= 4 is 47.2 Å². The van der Waals surface area contributed by atoms with Crippen LogP contribution >= 0.6 is 35.3 Å². The van der Waals surface area contributed by atoms with Gasteiger partial charge < -0.3 is 20.4 Å². The fraction of sp³-hybridized carbons (Fsp3) is 0.684. The van der Waals surface area contributed by atoms with Crippen molar-refractivity contribution in [3.05, 3.63) is 22.4 Å². The summed E-state index contributed by atoms with van der Waals surface area (Å²) in [6.45, 7) is 9.08. The van der Waals surface area contributed by atoms with Gasteiger partial charge in [-0.05, 0) is 38.9 Å². The van der Waals surface area contributed by atoms with Crippen LogP contribution in [-0.4, -0.2) is 68.0 Å². The molecule has 2 atom stereocenters. The lowest BCUT2D eigenvalue weighted by atomic mass is 10.2. The summed E-state index contributed by atoms with van der Waals surface area (Å²) >= 11 is 1.77. The topological polar surface area (TPSA) is 60.0 Å². The van der Waals surface area contributed by atoms with Crippen LogP contribution in [0.2, 0.25) is 0 Å². The van der Waals surface area contributed by atoms with Gasteiger partial charge in [0.15, 0.2) is 5.96 Å². The van der Waals surface area contributed by atoms with Crippen LogP contribution in [-0.2, 0) is 4.79 Å². The number of rotatable bonds is 7. The summed E-state index contributed by atoms with van der Waals surface area (Å²) < 4.78 is 0. The Morgan fingerprint density at radius 2 is 2.19 bits per heavy atom. The van der Waals surface area contributed by atoms with E-state index >= 15 is 0 Å². The predicted octanol–water partition coefficient (Wildman–Crippen LogP) is 2.78. The lowest BCUT2D eigenvalue weighted by Crippen LogP contribution is -2.45. The van der Waals surface area contributed by atoms with E-state index in [9.17, 15) is 4.79 Å². The normalized spacial score (nSPS) is 18.6. The zero-order valence-electron chi connectivity index (χ0n) is 17.1. The molecular weight excluding hydrogens is 473 g/mol. The van der Waals surface area contributed by atoms with Gasteiger partial charge in [0.25, 0.3) is 0 Å². The third kappa shape index (κ3) is 7.23. The van der Waals surface area contributed by atoms with Crippen molar-refractivity contribution in [1.82, 2.24) is 20.4 Å². The molecule has 8 heteroatoms. The maximum atomic E-state index is 12.2. The summed E-state index contributed by atoms with van der Waals surface area (Å²) in [6.07, 6.45) is 0.963. The Balaban J connectivity index is 0.00000364. The van der Waals surface area contributed by atoms with Crippen LogP contribution in [0.4, 0.5) is 0 Å². The van der Waals surface area contributed by atoms with Crippen LogP contribution < -0.4 is 10.6 Å². The van der Waals surface area contributed by atoms with E-state index in [-0.39, 0.29) is 47.9 Å². The van der Waals surface area contributed by atoms with Crippen LogP contribution in [0.5, 0.6) is 0 Å². The monoisotopic (exact) mass is 507 g/mol. The molecule has 1 aromatic heterocycles. The van der Waals surface area contributed by atoms with Gasteiger partial charge in [-0.1, -0.05) is 19.9 Å². The molecule has 0 spiro atoms. The maximum Gasteiger partial charge on any atom is 0.225 e. The van der Waals surface area contributed by atoms with Crippen LogP contribution in [0.3, 0.4) is 0 Å². The molecule has 1 amide bonds. The standard InChI is InChI=1S/C19H33N5OS.HI/c1-6-20-19(21-12-16(23(4)5)17-8-7-11-26-17)22-15-9-10-24(13-15)18(25)14(2)3;/h7-8,11,14-16H,6,9-10,12-13H2,1-5H3,(H2,20,21,22);1H. The van der Waals surface area contributed by atoms with E-state index < -0.39 is 0 Å². The number of amides is 1. The molecule has 2 unspecified atom stereocenters. The number of nitrogens with zero attached hydrogens (tertiary/aromatic N) is 3. The summed E-state index contributed by atoms with van der Waals surface area (Å²) in [7, 11) is 4.18. The van der Waals surface area contributed by atoms with E-state index in [0.29, 0.717) is 6.54 Å². The third-order valence-corrected chi connectivity index (χ3v) is 5.57. The van der Waals surface area contributed by atoms with E-state index in [2.05, 4.69) is 54.1 Å². The SMILES string of the molecule is CCNC(=NCC(c1cccs1)N(C)C)NC1CCN(C(=O)C(C)C)C1.I. The molecule has 2 rings (SSSR count). The second-order valence-corrected chi connectivity index (χ2v) is 8.26. The molecule has 2 heterocycles. The summed E-state index contributed by atoms with van der Waals surface area (Å²) in [6, 6.07) is 4.78. The molecule has 1 fully saturated rings. The second-order valence-electron chi connectivity index (χ2n) is 7.28. The van der Waals surface area contributed by atoms with Gasteiger partial charge in [0.2, 0.25) is 5.91 Å². The van der Waals surface area contributed by atoms with Gasteiger partial charge in [0.1, 0.15) is 0 Å². The van der Waals surface area contributed by atoms with Crippen LogP contribution in [0, 0.1) is 5.92 Å². The molecule has 0 bridgehead atoms. The number of carbonyl (C=O) groups excluding carboxylic acids is 1. The molecule has 0 radical (unpaired) electrons. The largest absolute Gasteiger partial charge is 0.357 e. The molecule has 6 nitrogen and oxygen atoms in total. The number of halogens is 1. The van der Waals surface area contributed by atoms with Crippen LogP contribution in [0.25, 0.3) is 0 Å². The number of likely N-dealkylation sites (N-methyl/N-ethyl adjacent to an activating group) is 1. The first kappa shape index (κ1) is 24.2. The molecule has 1 saturated heterocycles. The summed E-state index contributed by atoms with van der Waals surface area (Å²) in [5.74, 6) is 1.13. The minimum atomic E-state index is 0. The van der Waals surface area contributed by atoms with Crippen molar-refractivity contribution in [3.63, 3.8) is 0 Å². The average molecular weight is 507 g/mol. The lowest BCUT2D eigenvalue weighted by Gasteiger charge is -2.23. The summed E-state index contributed by atoms with van der Waals surface area (Å²) in [4.78, 5) is 22.5. The number of nitrogens with one attached hydrogen (secondary N) is 2. The average Bonchev–Trinajstić information content (AvgIpc) is 3.26. The first-order valence-electron chi connectivity index (χ1n) is 9.45. The number of aliphatic imine (C=N–C) groups is 1. The zero-order chi connectivity index (χ0) is 19.1. The highest BCUT2D eigenvalue weighted by Gasteiger charge is 2.28. The van der Waals surface area contributed by atoms with Crippen molar-refractivity contribution in [3.8, 4) is 0 Å². The Kier molecular flexibility index (Phi) is 10.6. The summed E-state index contributed by atoms with van der Waals surface area (Å²) in [5.41, 5.74) is 0. The fourth-order valence-electron chi connectivity index (χ4n) is 3.12. The number of guanidine groups is 1. The maximum absolute atomic E-state index is 12.2. The molecule has 27 heavy (non-hydrogen) atoms. The molecule has 1 aliphatic heterocycles. The first-order valence-corrected chi connectivity index (χ1v) is 10.3. The van der Waals surface area contributed by atoms with Gasteiger partial charge >= 0.3 is 0 Å². The molecule has 0 aliphatic carbocycles. The first-order chi connectivity index (χ1) is 12.4. The predicted molar refractivity (Wildman–Crippen MR) is 125 cm³/mol. The van der Waals surface area contributed by atoms with Crippen molar-refractivity contribution in [2.24, 2.45) is 10.9 Å².